The van der Waals surface area contributed by atoms with Crippen LogP contribution in [0, 0.1) is 6.92 Å². The largest absolute Gasteiger partial charge is 0.394 e. The Hall–Kier alpha value is -1.19. The third kappa shape index (κ3) is 3.38. The lowest BCUT2D eigenvalue weighted by Gasteiger charge is -2.21. The average molecular weight is 238 g/mol. The SMILES string of the molecule is CCCCCN(C)c1c(N)c(C)nn1CCC. The van der Waals surface area contributed by atoms with Gasteiger partial charge in [0.2, 0.25) is 0 Å². The van der Waals surface area contributed by atoms with Crippen molar-refractivity contribution in [3.63, 3.8) is 0 Å². The van der Waals surface area contributed by atoms with Crippen LogP contribution >= 0.6 is 0 Å². The van der Waals surface area contributed by atoms with Crippen molar-refractivity contribution in [2.24, 2.45) is 0 Å². The molecular formula is C13H26N4. The Morgan fingerprint density at radius 2 is 1.94 bits per heavy atom. The van der Waals surface area contributed by atoms with Gasteiger partial charge in [-0.25, -0.2) is 4.68 Å². The number of aryl methyl sites for hydroxylation is 2. The van der Waals surface area contributed by atoms with E-state index in [0.29, 0.717) is 0 Å². The van der Waals surface area contributed by atoms with Gasteiger partial charge in [-0.05, 0) is 19.8 Å². The molecule has 0 saturated carbocycles. The van der Waals surface area contributed by atoms with Crippen molar-refractivity contribution in [2.75, 3.05) is 24.2 Å². The fraction of sp³-hybridized carbons (Fsp3) is 0.769. The smallest absolute Gasteiger partial charge is 0.150 e. The summed E-state index contributed by atoms with van der Waals surface area (Å²) in [5.41, 5.74) is 7.89. The molecule has 17 heavy (non-hydrogen) atoms. The molecule has 0 fully saturated rings. The monoisotopic (exact) mass is 238 g/mol. The zero-order chi connectivity index (χ0) is 12.8. The third-order valence-corrected chi connectivity index (χ3v) is 3.04. The summed E-state index contributed by atoms with van der Waals surface area (Å²) < 4.78 is 2.04. The van der Waals surface area contributed by atoms with Crippen LogP contribution < -0.4 is 10.6 Å². The first-order valence-electron chi connectivity index (χ1n) is 6.65. The number of anilines is 2. The maximum atomic E-state index is 6.11. The normalized spacial score (nSPS) is 10.8. The van der Waals surface area contributed by atoms with Crippen LogP contribution in [-0.4, -0.2) is 23.4 Å². The van der Waals surface area contributed by atoms with Gasteiger partial charge in [0.25, 0.3) is 0 Å². The number of rotatable bonds is 7. The van der Waals surface area contributed by atoms with Gasteiger partial charge in [-0.2, -0.15) is 5.10 Å². The Labute approximate surface area is 105 Å². The van der Waals surface area contributed by atoms with E-state index in [0.717, 1.165) is 36.7 Å². The molecular weight excluding hydrogens is 212 g/mol. The molecule has 0 aliphatic carbocycles. The lowest BCUT2D eigenvalue weighted by Crippen LogP contribution is -2.23. The average Bonchev–Trinajstić information content (AvgIpc) is 2.55. The Kier molecular flexibility index (Phi) is 5.32. The Balaban J connectivity index is 2.79. The second-order valence-corrected chi connectivity index (χ2v) is 4.67. The van der Waals surface area contributed by atoms with E-state index < -0.39 is 0 Å². The predicted octanol–water partition coefficient (Wildman–Crippen LogP) is 2.81. The number of unbranched alkanes of at least 4 members (excludes halogenated alkanes) is 2. The molecule has 98 valence electrons. The molecule has 0 radical (unpaired) electrons. The van der Waals surface area contributed by atoms with Crippen molar-refractivity contribution in [3.05, 3.63) is 5.69 Å². The van der Waals surface area contributed by atoms with Gasteiger partial charge in [-0.1, -0.05) is 26.7 Å². The third-order valence-electron chi connectivity index (χ3n) is 3.04. The molecule has 1 aromatic heterocycles. The molecule has 0 atom stereocenters. The maximum Gasteiger partial charge on any atom is 0.150 e. The molecule has 2 N–H and O–H groups in total. The first-order chi connectivity index (χ1) is 8.11. The van der Waals surface area contributed by atoms with E-state index in [-0.39, 0.29) is 0 Å². The summed E-state index contributed by atoms with van der Waals surface area (Å²) >= 11 is 0. The van der Waals surface area contributed by atoms with E-state index in [1.54, 1.807) is 0 Å². The van der Waals surface area contributed by atoms with Crippen molar-refractivity contribution >= 4 is 11.5 Å². The second kappa shape index (κ2) is 6.52. The molecule has 1 aromatic rings. The summed E-state index contributed by atoms with van der Waals surface area (Å²) in [6.07, 6.45) is 4.81. The number of nitrogens with two attached hydrogens (primary N) is 1. The molecule has 0 saturated heterocycles. The molecule has 0 bridgehead atoms. The van der Waals surface area contributed by atoms with Crippen LogP contribution in [0.5, 0.6) is 0 Å². The second-order valence-electron chi connectivity index (χ2n) is 4.67. The predicted molar refractivity (Wildman–Crippen MR) is 74.5 cm³/mol. The molecule has 4 heteroatoms. The van der Waals surface area contributed by atoms with E-state index >= 15 is 0 Å². The molecule has 0 aliphatic heterocycles. The van der Waals surface area contributed by atoms with Crippen LogP contribution in [-0.2, 0) is 6.54 Å². The summed E-state index contributed by atoms with van der Waals surface area (Å²) in [4.78, 5) is 2.24. The lowest BCUT2D eigenvalue weighted by molar-refractivity contribution is 0.586. The van der Waals surface area contributed by atoms with E-state index in [9.17, 15) is 0 Å². The van der Waals surface area contributed by atoms with E-state index in [4.69, 9.17) is 5.73 Å². The molecule has 0 amide bonds. The van der Waals surface area contributed by atoms with Gasteiger partial charge in [-0.3, -0.25) is 0 Å². The topological polar surface area (TPSA) is 47.1 Å². The first-order valence-corrected chi connectivity index (χ1v) is 6.65. The minimum Gasteiger partial charge on any atom is -0.394 e. The summed E-state index contributed by atoms with van der Waals surface area (Å²) in [6.45, 7) is 8.34. The van der Waals surface area contributed by atoms with Gasteiger partial charge in [0.05, 0.1) is 11.4 Å². The standard InChI is InChI=1S/C13H26N4/c1-5-7-8-10-16(4)13-12(14)11(3)15-17(13)9-6-2/h5-10,14H2,1-4H3. The van der Waals surface area contributed by atoms with Crippen LogP contribution in [0.2, 0.25) is 0 Å². The highest BCUT2D eigenvalue weighted by molar-refractivity contribution is 5.65. The van der Waals surface area contributed by atoms with Crippen molar-refractivity contribution in [2.45, 2.75) is 53.0 Å². The van der Waals surface area contributed by atoms with E-state index in [2.05, 4.69) is 30.9 Å². The zero-order valence-corrected chi connectivity index (χ0v) is 11.7. The fourth-order valence-corrected chi connectivity index (χ4v) is 2.06. The highest BCUT2D eigenvalue weighted by atomic mass is 15.4. The Morgan fingerprint density at radius 1 is 1.24 bits per heavy atom. The van der Waals surface area contributed by atoms with Crippen molar-refractivity contribution < 1.29 is 0 Å². The van der Waals surface area contributed by atoms with Crippen LogP contribution in [0.25, 0.3) is 0 Å². The molecule has 0 aromatic carbocycles. The number of nitrogen functional groups attached to an aromatic ring is 1. The molecule has 1 heterocycles. The number of hydrogen-bond donors (Lipinski definition) is 1. The van der Waals surface area contributed by atoms with Crippen LogP contribution in [0.3, 0.4) is 0 Å². The molecule has 0 spiro atoms. The summed E-state index contributed by atoms with van der Waals surface area (Å²) in [6, 6.07) is 0. The first kappa shape index (κ1) is 13.9. The van der Waals surface area contributed by atoms with Gasteiger partial charge < -0.3 is 10.6 Å². The highest BCUT2D eigenvalue weighted by Crippen LogP contribution is 2.26. The lowest BCUT2D eigenvalue weighted by atomic mass is 10.2. The van der Waals surface area contributed by atoms with Gasteiger partial charge in [0, 0.05) is 20.1 Å². The summed E-state index contributed by atoms with van der Waals surface area (Å²) in [5, 5.41) is 4.50. The Morgan fingerprint density at radius 3 is 2.53 bits per heavy atom. The number of nitrogens with zero attached hydrogens (tertiary/aromatic N) is 3. The molecule has 4 nitrogen and oxygen atoms in total. The van der Waals surface area contributed by atoms with Crippen molar-refractivity contribution in [3.8, 4) is 0 Å². The van der Waals surface area contributed by atoms with Gasteiger partial charge >= 0.3 is 0 Å². The summed E-state index contributed by atoms with van der Waals surface area (Å²) in [7, 11) is 2.11. The van der Waals surface area contributed by atoms with E-state index in [1.165, 1.54) is 19.3 Å². The fourth-order valence-electron chi connectivity index (χ4n) is 2.06. The van der Waals surface area contributed by atoms with Crippen LogP contribution in [0.15, 0.2) is 0 Å². The zero-order valence-electron chi connectivity index (χ0n) is 11.7. The van der Waals surface area contributed by atoms with Gasteiger partial charge in [0.1, 0.15) is 5.82 Å². The van der Waals surface area contributed by atoms with Crippen molar-refractivity contribution in [1.29, 1.82) is 0 Å². The number of hydrogen-bond acceptors (Lipinski definition) is 3. The molecule has 0 unspecified atom stereocenters. The van der Waals surface area contributed by atoms with E-state index in [1.807, 2.05) is 11.6 Å². The molecule has 1 rings (SSSR count). The Bertz CT molecular complexity index is 343. The molecule has 0 aliphatic rings. The quantitative estimate of drug-likeness (QED) is 0.743. The van der Waals surface area contributed by atoms with Crippen LogP contribution in [0.4, 0.5) is 11.5 Å². The maximum absolute atomic E-state index is 6.11. The van der Waals surface area contributed by atoms with Gasteiger partial charge in [-0.15, -0.1) is 0 Å². The van der Waals surface area contributed by atoms with Crippen LogP contribution in [0.1, 0.15) is 45.2 Å². The highest BCUT2D eigenvalue weighted by Gasteiger charge is 2.15. The minimum atomic E-state index is 0.831. The van der Waals surface area contributed by atoms with Gasteiger partial charge in [0.15, 0.2) is 0 Å². The summed E-state index contributed by atoms with van der Waals surface area (Å²) in [5.74, 6) is 1.08. The number of aromatic nitrogens is 2. The minimum absolute atomic E-state index is 0.831. The van der Waals surface area contributed by atoms with Crippen molar-refractivity contribution in [1.82, 2.24) is 9.78 Å².